The maximum absolute atomic E-state index is 13.8. The standard InChI is InChI=1S/C19H10F2N4O/c20-11-1-3-13-9(6-11)5-10-7-12(21)2-4-14(10)16-15(13)24-17-18(25-16)22-8-23-19(17)26/h1-4,6-8H,5H2,(H,22,23,25,26). The van der Waals surface area contributed by atoms with Gasteiger partial charge in [-0.2, -0.15) is 0 Å². The van der Waals surface area contributed by atoms with Gasteiger partial charge in [0.2, 0.25) is 0 Å². The van der Waals surface area contributed by atoms with Crippen LogP contribution in [0.5, 0.6) is 0 Å². The molecule has 0 aliphatic heterocycles. The van der Waals surface area contributed by atoms with Crippen molar-refractivity contribution in [3.63, 3.8) is 0 Å². The normalized spacial score (nSPS) is 12.2. The molecule has 0 radical (unpaired) electrons. The van der Waals surface area contributed by atoms with Crippen molar-refractivity contribution in [1.29, 1.82) is 0 Å². The van der Waals surface area contributed by atoms with Crippen LogP contribution in [-0.4, -0.2) is 19.9 Å². The summed E-state index contributed by atoms with van der Waals surface area (Å²) >= 11 is 0. The summed E-state index contributed by atoms with van der Waals surface area (Å²) in [5.41, 5.74) is 3.54. The fourth-order valence-corrected chi connectivity index (χ4v) is 3.35. The van der Waals surface area contributed by atoms with Crippen LogP contribution in [0.3, 0.4) is 0 Å². The van der Waals surface area contributed by atoms with Gasteiger partial charge in [-0.05, 0) is 53.9 Å². The van der Waals surface area contributed by atoms with Crippen LogP contribution in [0.25, 0.3) is 33.7 Å². The summed E-state index contributed by atoms with van der Waals surface area (Å²) in [7, 11) is 0. The van der Waals surface area contributed by atoms with Gasteiger partial charge in [0.15, 0.2) is 11.2 Å². The fraction of sp³-hybridized carbons (Fsp3) is 0.0526. The first-order chi connectivity index (χ1) is 12.6. The highest BCUT2D eigenvalue weighted by Crippen LogP contribution is 2.39. The fourth-order valence-electron chi connectivity index (χ4n) is 3.35. The molecule has 0 atom stereocenters. The van der Waals surface area contributed by atoms with Gasteiger partial charge >= 0.3 is 0 Å². The van der Waals surface area contributed by atoms with Crippen LogP contribution in [0.1, 0.15) is 11.1 Å². The molecule has 2 aromatic heterocycles. The molecule has 5 rings (SSSR count). The Morgan fingerprint density at radius 2 is 1.50 bits per heavy atom. The molecule has 1 aliphatic rings. The van der Waals surface area contributed by atoms with Gasteiger partial charge in [0.1, 0.15) is 11.6 Å². The SMILES string of the molecule is O=c1[nH]cnc2nc3c(nc12)-c1ccc(F)cc1Cc1cc(F)ccc1-3. The molecule has 26 heavy (non-hydrogen) atoms. The van der Waals surface area contributed by atoms with Gasteiger partial charge in [-0.1, -0.05) is 0 Å². The Kier molecular flexibility index (Phi) is 3.00. The molecule has 1 aliphatic carbocycles. The predicted octanol–water partition coefficient (Wildman–Crippen LogP) is 3.23. The molecular weight excluding hydrogens is 338 g/mol. The van der Waals surface area contributed by atoms with Crippen LogP contribution in [0, 0.1) is 11.6 Å². The van der Waals surface area contributed by atoms with E-state index in [-0.39, 0.29) is 17.0 Å². The zero-order chi connectivity index (χ0) is 17.8. The Labute approximate surface area is 145 Å². The lowest BCUT2D eigenvalue weighted by Crippen LogP contribution is -2.10. The Bertz CT molecular complexity index is 1270. The first kappa shape index (κ1) is 14.8. The van der Waals surface area contributed by atoms with Crippen LogP contribution in [-0.2, 0) is 6.42 Å². The molecule has 0 unspecified atom stereocenters. The van der Waals surface area contributed by atoms with Gasteiger partial charge in [0, 0.05) is 11.1 Å². The maximum Gasteiger partial charge on any atom is 0.278 e. The van der Waals surface area contributed by atoms with E-state index in [0.29, 0.717) is 40.1 Å². The van der Waals surface area contributed by atoms with Crippen LogP contribution >= 0.6 is 0 Å². The third-order valence-corrected chi connectivity index (χ3v) is 4.50. The van der Waals surface area contributed by atoms with Gasteiger partial charge in [-0.3, -0.25) is 4.79 Å². The van der Waals surface area contributed by atoms with E-state index in [1.54, 1.807) is 12.1 Å². The van der Waals surface area contributed by atoms with Crippen molar-refractivity contribution in [2.75, 3.05) is 0 Å². The number of rotatable bonds is 0. The molecule has 0 amide bonds. The summed E-state index contributed by atoms with van der Waals surface area (Å²) in [6, 6.07) is 8.72. The third kappa shape index (κ3) is 2.13. The van der Waals surface area contributed by atoms with E-state index < -0.39 is 11.4 Å². The van der Waals surface area contributed by atoms with Gasteiger partial charge < -0.3 is 4.98 Å². The molecule has 2 aromatic carbocycles. The second-order valence-corrected chi connectivity index (χ2v) is 6.10. The summed E-state index contributed by atoms with van der Waals surface area (Å²) in [5, 5.41) is 0. The van der Waals surface area contributed by atoms with E-state index >= 15 is 0 Å². The summed E-state index contributed by atoms with van der Waals surface area (Å²) in [4.78, 5) is 27.7. The van der Waals surface area contributed by atoms with Gasteiger partial charge in [0.05, 0.1) is 17.7 Å². The van der Waals surface area contributed by atoms with E-state index in [0.717, 1.165) is 0 Å². The van der Waals surface area contributed by atoms with Crippen LogP contribution in [0.4, 0.5) is 8.78 Å². The van der Waals surface area contributed by atoms with Crippen molar-refractivity contribution in [1.82, 2.24) is 19.9 Å². The van der Waals surface area contributed by atoms with Crippen molar-refractivity contribution in [3.8, 4) is 22.5 Å². The Morgan fingerprint density at radius 3 is 2.15 bits per heavy atom. The van der Waals surface area contributed by atoms with E-state index in [4.69, 9.17) is 0 Å². The highest BCUT2D eigenvalue weighted by Gasteiger charge is 2.24. The second kappa shape index (κ2) is 5.26. The minimum Gasteiger partial charge on any atom is -0.311 e. The molecule has 7 heteroatoms. The number of nitrogens with zero attached hydrogens (tertiary/aromatic N) is 3. The lowest BCUT2D eigenvalue weighted by atomic mass is 9.99. The highest BCUT2D eigenvalue weighted by atomic mass is 19.1. The number of fused-ring (bicyclic) bond motifs is 6. The number of benzene rings is 2. The number of halogens is 2. The topological polar surface area (TPSA) is 71.5 Å². The summed E-state index contributed by atoms with van der Waals surface area (Å²) in [6.07, 6.45) is 1.59. The zero-order valence-corrected chi connectivity index (χ0v) is 13.3. The number of hydrogen-bond donors (Lipinski definition) is 1. The number of H-pyrrole nitrogens is 1. The number of nitrogens with one attached hydrogen (secondary N) is 1. The lowest BCUT2D eigenvalue weighted by Gasteiger charge is -2.09. The molecule has 1 N–H and O–H groups in total. The van der Waals surface area contributed by atoms with Gasteiger partial charge in [0.25, 0.3) is 5.56 Å². The monoisotopic (exact) mass is 348 g/mol. The molecule has 0 saturated heterocycles. The largest absolute Gasteiger partial charge is 0.311 e. The Balaban J connectivity index is 1.96. The van der Waals surface area contributed by atoms with Crippen LogP contribution in [0.2, 0.25) is 0 Å². The molecule has 0 fully saturated rings. The summed E-state index contributed by atoms with van der Waals surface area (Å²) in [5.74, 6) is -0.771. The number of hydrogen-bond acceptors (Lipinski definition) is 4. The van der Waals surface area contributed by atoms with Crippen molar-refractivity contribution < 1.29 is 8.78 Å². The van der Waals surface area contributed by atoms with Crippen molar-refractivity contribution in [2.45, 2.75) is 6.42 Å². The van der Waals surface area contributed by atoms with Crippen molar-refractivity contribution in [3.05, 3.63) is 75.8 Å². The van der Waals surface area contributed by atoms with E-state index in [1.165, 1.54) is 30.6 Å². The van der Waals surface area contributed by atoms with E-state index in [9.17, 15) is 13.6 Å². The first-order valence-electron chi connectivity index (χ1n) is 7.93. The Hall–Kier alpha value is -3.48. The number of aromatic amines is 1. The smallest absolute Gasteiger partial charge is 0.278 e. The van der Waals surface area contributed by atoms with E-state index in [2.05, 4.69) is 19.9 Å². The minimum absolute atomic E-state index is 0.104. The third-order valence-electron chi connectivity index (χ3n) is 4.50. The number of aromatic nitrogens is 4. The molecule has 126 valence electrons. The Morgan fingerprint density at radius 1 is 0.885 bits per heavy atom. The highest BCUT2D eigenvalue weighted by molar-refractivity contribution is 5.88. The predicted molar refractivity (Wildman–Crippen MR) is 91.5 cm³/mol. The molecule has 5 nitrogen and oxygen atoms in total. The van der Waals surface area contributed by atoms with Gasteiger partial charge in [-0.25, -0.2) is 23.7 Å². The molecule has 0 saturated carbocycles. The summed E-state index contributed by atoms with van der Waals surface area (Å²) in [6.45, 7) is 0. The van der Waals surface area contributed by atoms with E-state index in [1.807, 2.05) is 0 Å². The molecule has 2 heterocycles. The maximum atomic E-state index is 13.8. The first-order valence-corrected chi connectivity index (χ1v) is 7.93. The van der Waals surface area contributed by atoms with Crippen LogP contribution in [0.15, 0.2) is 47.5 Å². The van der Waals surface area contributed by atoms with Crippen LogP contribution < -0.4 is 5.56 Å². The minimum atomic E-state index is -0.405. The van der Waals surface area contributed by atoms with Gasteiger partial charge in [-0.15, -0.1) is 0 Å². The molecule has 4 aromatic rings. The second-order valence-electron chi connectivity index (χ2n) is 6.10. The average Bonchev–Trinajstić information content (AvgIpc) is 2.74. The van der Waals surface area contributed by atoms with Crippen molar-refractivity contribution >= 4 is 11.2 Å². The van der Waals surface area contributed by atoms with Crippen molar-refractivity contribution in [2.24, 2.45) is 0 Å². The lowest BCUT2D eigenvalue weighted by molar-refractivity contribution is 0.624. The summed E-state index contributed by atoms with van der Waals surface area (Å²) < 4.78 is 27.6. The molecule has 0 spiro atoms. The quantitative estimate of drug-likeness (QED) is 0.466. The molecule has 0 bridgehead atoms. The zero-order valence-electron chi connectivity index (χ0n) is 13.3. The molecular formula is C19H10F2N4O. The average molecular weight is 348 g/mol.